The number of aromatic nitrogens is 4. The van der Waals surface area contributed by atoms with Gasteiger partial charge in [0.1, 0.15) is 0 Å². The zero-order valence-corrected chi connectivity index (χ0v) is 15.3. The van der Waals surface area contributed by atoms with Gasteiger partial charge in [-0.25, -0.2) is 5.43 Å². The fourth-order valence-corrected chi connectivity index (χ4v) is 3.16. The van der Waals surface area contributed by atoms with E-state index in [4.69, 9.17) is 9.72 Å². The largest absolute Gasteiger partial charge is 0.378 e. The van der Waals surface area contributed by atoms with Crippen LogP contribution >= 0.6 is 0 Å². The minimum absolute atomic E-state index is 0.456. The number of morpholine rings is 1. The molecule has 2 saturated heterocycles. The van der Waals surface area contributed by atoms with Crippen LogP contribution in [0.5, 0.6) is 0 Å². The third-order valence-electron chi connectivity index (χ3n) is 4.63. The van der Waals surface area contributed by atoms with E-state index in [1.807, 2.05) is 12.1 Å². The van der Waals surface area contributed by atoms with Crippen LogP contribution in [0.25, 0.3) is 0 Å². The van der Waals surface area contributed by atoms with Gasteiger partial charge in [-0.05, 0) is 37.0 Å². The van der Waals surface area contributed by atoms with Crippen LogP contribution in [0.3, 0.4) is 0 Å². The number of ether oxygens (including phenoxy) is 1. The van der Waals surface area contributed by atoms with Gasteiger partial charge in [-0.15, -0.1) is 0 Å². The summed E-state index contributed by atoms with van der Waals surface area (Å²) in [7, 11) is 0. The number of piperidine rings is 1. The SMILES string of the molecule is C(=N/Nc1nc(N2CCCCC2)nc(N2CCOCC2)n1)/c1ccncc1. The molecule has 0 aromatic carbocycles. The maximum atomic E-state index is 5.44. The summed E-state index contributed by atoms with van der Waals surface area (Å²) in [5.74, 6) is 1.85. The second-order valence-corrected chi connectivity index (χ2v) is 6.56. The molecule has 0 unspecified atom stereocenters. The van der Waals surface area contributed by atoms with Crippen molar-refractivity contribution < 1.29 is 4.74 Å². The highest BCUT2D eigenvalue weighted by Gasteiger charge is 2.20. The van der Waals surface area contributed by atoms with Gasteiger partial charge >= 0.3 is 0 Å². The van der Waals surface area contributed by atoms with Gasteiger partial charge in [-0.3, -0.25) is 4.98 Å². The van der Waals surface area contributed by atoms with Gasteiger partial charge in [0.15, 0.2) is 0 Å². The highest BCUT2D eigenvalue weighted by molar-refractivity contribution is 5.79. The summed E-state index contributed by atoms with van der Waals surface area (Å²) >= 11 is 0. The molecule has 1 N–H and O–H groups in total. The van der Waals surface area contributed by atoms with Gasteiger partial charge in [0.05, 0.1) is 19.4 Å². The molecule has 4 rings (SSSR count). The number of pyridine rings is 1. The molecule has 2 aliphatic rings. The Bertz CT molecular complexity index is 721. The number of rotatable bonds is 5. The van der Waals surface area contributed by atoms with Crippen molar-refractivity contribution in [3.63, 3.8) is 0 Å². The molecule has 0 amide bonds. The summed E-state index contributed by atoms with van der Waals surface area (Å²) in [5, 5.41) is 4.27. The second-order valence-electron chi connectivity index (χ2n) is 6.56. The van der Waals surface area contributed by atoms with Gasteiger partial charge in [-0.2, -0.15) is 20.1 Å². The second kappa shape index (κ2) is 8.72. The molecule has 2 aromatic heterocycles. The van der Waals surface area contributed by atoms with Crippen LogP contribution in [-0.4, -0.2) is 65.5 Å². The first-order valence-electron chi connectivity index (χ1n) is 9.41. The van der Waals surface area contributed by atoms with Crippen LogP contribution < -0.4 is 15.2 Å². The Kier molecular flexibility index (Phi) is 5.68. The van der Waals surface area contributed by atoms with Gasteiger partial charge in [0.25, 0.3) is 0 Å². The highest BCUT2D eigenvalue weighted by Crippen LogP contribution is 2.20. The Hall–Kier alpha value is -2.81. The Morgan fingerprint density at radius 2 is 1.56 bits per heavy atom. The number of hydrogen-bond acceptors (Lipinski definition) is 9. The quantitative estimate of drug-likeness (QED) is 0.628. The topological polar surface area (TPSA) is 91.7 Å². The molecule has 0 bridgehead atoms. The summed E-state index contributed by atoms with van der Waals surface area (Å²) in [6, 6.07) is 3.77. The molecule has 9 heteroatoms. The highest BCUT2D eigenvalue weighted by atomic mass is 16.5. The predicted molar refractivity (Wildman–Crippen MR) is 104 cm³/mol. The maximum Gasteiger partial charge on any atom is 0.250 e. The number of anilines is 3. The number of nitrogens with one attached hydrogen (secondary N) is 1. The summed E-state index contributed by atoms with van der Waals surface area (Å²) in [6.07, 6.45) is 8.79. The molecule has 0 radical (unpaired) electrons. The third-order valence-corrected chi connectivity index (χ3v) is 4.63. The molecule has 27 heavy (non-hydrogen) atoms. The molecule has 0 saturated carbocycles. The lowest BCUT2D eigenvalue weighted by molar-refractivity contribution is 0.122. The van der Waals surface area contributed by atoms with Gasteiger partial charge in [0, 0.05) is 38.6 Å². The number of hydrazone groups is 1. The smallest absolute Gasteiger partial charge is 0.250 e. The van der Waals surface area contributed by atoms with E-state index in [1.54, 1.807) is 18.6 Å². The summed E-state index contributed by atoms with van der Waals surface area (Å²) in [6.45, 7) is 4.90. The zero-order valence-electron chi connectivity index (χ0n) is 15.3. The van der Waals surface area contributed by atoms with E-state index >= 15 is 0 Å². The van der Waals surface area contributed by atoms with Gasteiger partial charge in [0.2, 0.25) is 17.8 Å². The molecule has 4 heterocycles. The third kappa shape index (κ3) is 4.68. The number of hydrogen-bond donors (Lipinski definition) is 1. The first-order valence-corrected chi connectivity index (χ1v) is 9.41. The van der Waals surface area contributed by atoms with Crippen molar-refractivity contribution in [3.8, 4) is 0 Å². The first kappa shape index (κ1) is 17.6. The van der Waals surface area contributed by atoms with Crippen molar-refractivity contribution >= 4 is 24.1 Å². The van der Waals surface area contributed by atoms with E-state index in [2.05, 4.69) is 35.3 Å². The normalized spacial score (nSPS) is 18.1. The van der Waals surface area contributed by atoms with E-state index in [1.165, 1.54) is 19.3 Å². The molecular formula is C18H24N8O. The minimum Gasteiger partial charge on any atom is -0.378 e. The van der Waals surface area contributed by atoms with Gasteiger partial charge in [-0.1, -0.05) is 0 Å². The van der Waals surface area contributed by atoms with E-state index in [9.17, 15) is 0 Å². The van der Waals surface area contributed by atoms with Crippen molar-refractivity contribution in [2.75, 3.05) is 54.6 Å². The molecule has 2 aliphatic heterocycles. The maximum absolute atomic E-state index is 5.44. The van der Waals surface area contributed by atoms with Crippen molar-refractivity contribution in [2.45, 2.75) is 19.3 Å². The molecule has 2 fully saturated rings. The van der Waals surface area contributed by atoms with E-state index in [0.717, 1.165) is 31.7 Å². The Balaban J connectivity index is 1.55. The molecule has 2 aromatic rings. The van der Waals surface area contributed by atoms with Crippen molar-refractivity contribution in [3.05, 3.63) is 30.1 Å². The lowest BCUT2D eigenvalue weighted by Crippen LogP contribution is -2.38. The van der Waals surface area contributed by atoms with Crippen molar-refractivity contribution in [2.24, 2.45) is 5.10 Å². The summed E-state index contributed by atoms with van der Waals surface area (Å²) in [4.78, 5) is 22.2. The van der Waals surface area contributed by atoms with E-state index in [0.29, 0.717) is 31.1 Å². The van der Waals surface area contributed by atoms with Crippen LogP contribution in [0.4, 0.5) is 17.8 Å². The molecule has 0 atom stereocenters. The summed E-state index contributed by atoms with van der Waals surface area (Å²) in [5.41, 5.74) is 3.91. The Morgan fingerprint density at radius 3 is 2.26 bits per heavy atom. The van der Waals surface area contributed by atoms with Crippen molar-refractivity contribution in [1.82, 2.24) is 19.9 Å². The van der Waals surface area contributed by atoms with Crippen LogP contribution in [-0.2, 0) is 4.74 Å². The average Bonchev–Trinajstić information content (AvgIpc) is 2.76. The number of nitrogens with zero attached hydrogens (tertiary/aromatic N) is 7. The first-order chi connectivity index (χ1) is 13.4. The molecule has 142 valence electrons. The van der Waals surface area contributed by atoms with Crippen LogP contribution in [0.1, 0.15) is 24.8 Å². The Morgan fingerprint density at radius 1 is 0.889 bits per heavy atom. The van der Waals surface area contributed by atoms with Crippen LogP contribution in [0.15, 0.2) is 29.6 Å². The Labute approximate surface area is 158 Å². The predicted octanol–water partition coefficient (Wildman–Crippen LogP) is 1.54. The lowest BCUT2D eigenvalue weighted by Gasteiger charge is -2.30. The summed E-state index contributed by atoms with van der Waals surface area (Å²) < 4.78 is 5.44. The zero-order chi connectivity index (χ0) is 18.3. The van der Waals surface area contributed by atoms with Crippen LogP contribution in [0.2, 0.25) is 0 Å². The van der Waals surface area contributed by atoms with Crippen molar-refractivity contribution in [1.29, 1.82) is 0 Å². The molecule has 9 nitrogen and oxygen atoms in total. The lowest BCUT2D eigenvalue weighted by atomic mass is 10.1. The molecule has 0 aliphatic carbocycles. The minimum atomic E-state index is 0.456. The van der Waals surface area contributed by atoms with E-state index in [-0.39, 0.29) is 0 Å². The molecule has 0 spiro atoms. The standard InChI is InChI=1S/C18H24N8O/c1-2-8-25(9-3-1)17-21-16(24-20-14-15-4-6-19-7-5-15)22-18(23-17)26-10-12-27-13-11-26/h4-7,14H,1-3,8-13H2,(H,21,22,23,24)/b20-14-. The fourth-order valence-electron chi connectivity index (χ4n) is 3.16. The molecular weight excluding hydrogens is 344 g/mol. The van der Waals surface area contributed by atoms with Gasteiger partial charge < -0.3 is 14.5 Å². The van der Waals surface area contributed by atoms with Crippen LogP contribution in [0, 0.1) is 0 Å². The fraction of sp³-hybridized carbons (Fsp3) is 0.500. The van der Waals surface area contributed by atoms with E-state index < -0.39 is 0 Å². The monoisotopic (exact) mass is 368 g/mol. The average molecular weight is 368 g/mol.